The Kier molecular flexibility index (Phi) is 8.36. The smallest absolute Gasteiger partial charge is 0.225 e. The number of nitrogens with zero attached hydrogens (tertiary/aromatic N) is 3. The highest BCUT2D eigenvalue weighted by atomic mass is 16.5. The van der Waals surface area contributed by atoms with Crippen molar-refractivity contribution in [3.8, 4) is 11.5 Å². The second kappa shape index (κ2) is 12.2. The van der Waals surface area contributed by atoms with Crippen LogP contribution in [-0.4, -0.2) is 69.5 Å². The molecule has 4 aromatic rings. The minimum absolute atomic E-state index is 0.265. The van der Waals surface area contributed by atoms with Gasteiger partial charge in [0.05, 0.1) is 23.4 Å². The Balaban J connectivity index is 1.07. The van der Waals surface area contributed by atoms with Crippen LogP contribution in [0.1, 0.15) is 18.0 Å². The van der Waals surface area contributed by atoms with Gasteiger partial charge in [-0.2, -0.15) is 0 Å². The van der Waals surface area contributed by atoms with Gasteiger partial charge in [-0.15, -0.1) is 0 Å². The zero-order chi connectivity index (χ0) is 27.2. The first-order valence-electron chi connectivity index (χ1n) is 13.2. The van der Waals surface area contributed by atoms with Gasteiger partial charge in [-0.05, 0) is 55.3 Å². The molecule has 1 aliphatic rings. The Labute approximate surface area is 227 Å². The molecule has 1 saturated carbocycles. The molecule has 0 bridgehead atoms. The fourth-order valence-corrected chi connectivity index (χ4v) is 5.13. The molecule has 2 heterocycles. The number of aliphatic hydroxyl groups excluding tert-OH is 2. The molecule has 1 amide bonds. The number of aromatic nitrogens is 3. The van der Waals surface area contributed by atoms with Crippen LogP contribution in [-0.2, 0) is 11.2 Å². The Morgan fingerprint density at radius 3 is 2.64 bits per heavy atom. The molecule has 1 fully saturated rings. The van der Waals surface area contributed by atoms with Crippen molar-refractivity contribution in [1.29, 1.82) is 0 Å². The molecule has 0 radical (unpaired) electrons. The number of carbonyl (C=O) groups is 1. The van der Waals surface area contributed by atoms with E-state index in [2.05, 4.69) is 32.0 Å². The van der Waals surface area contributed by atoms with Crippen molar-refractivity contribution in [3.63, 3.8) is 0 Å². The van der Waals surface area contributed by atoms with Gasteiger partial charge >= 0.3 is 0 Å². The van der Waals surface area contributed by atoms with Gasteiger partial charge in [0, 0.05) is 26.3 Å². The van der Waals surface area contributed by atoms with E-state index in [0.29, 0.717) is 31.0 Å². The Morgan fingerprint density at radius 2 is 1.82 bits per heavy atom. The first-order valence-corrected chi connectivity index (χ1v) is 13.2. The lowest BCUT2D eigenvalue weighted by molar-refractivity contribution is -0.128. The van der Waals surface area contributed by atoms with Crippen LogP contribution in [0.5, 0.6) is 11.5 Å². The topological polar surface area (TPSA) is 134 Å². The van der Waals surface area contributed by atoms with E-state index in [9.17, 15) is 15.0 Å². The molecule has 4 atom stereocenters. The van der Waals surface area contributed by atoms with Gasteiger partial charge in [0.1, 0.15) is 35.4 Å². The predicted octanol–water partition coefficient (Wildman–Crippen LogP) is 2.50. The lowest BCUT2D eigenvalue weighted by Crippen LogP contribution is -2.40. The third kappa shape index (κ3) is 6.03. The van der Waals surface area contributed by atoms with Crippen molar-refractivity contribution in [2.75, 3.05) is 32.0 Å². The van der Waals surface area contributed by atoms with Crippen LogP contribution < -0.4 is 20.7 Å². The number of ether oxygens (including phenoxy) is 1. The summed E-state index contributed by atoms with van der Waals surface area (Å²) in [5, 5.41) is 31.5. The Bertz CT molecular complexity index is 1400. The van der Waals surface area contributed by atoms with Gasteiger partial charge in [0.15, 0.2) is 0 Å². The van der Waals surface area contributed by atoms with Crippen LogP contribution in [0.15, 0.2) is 73.2 Å². The van der Waals surface area contributed by atoms with Crippen molar-refractivity contribution in [3.05, 3.63) is 78.8 Å². The third-order valence-corrected chi connectivity index (χ3v) is 7.16. The summed E-state index contributed by atoms with van der Waals surface area (Å²) in [4.78, 5) is 21.4. The average Bonchev–Trinajstić information content (AvgIpc) is 3.52. The normalized spacial score (nSPS) is 20.7. The zero-order valence-electron chi connectivity index (χ0n) is 21.8. The Morgan fingerprint density at radius 1 is 1.00 bits per heavy atom. The maximum atomic E-state index is 12.9. The van der Waals surface area contributed by atoms with Crippen molar-refractivity contribution in [2.24, 2.45) is 5.92 Å². The quantitative estimate of drug-likeness (QED) is 0.187. The minimum atomic E-state index is -1.16. The Hall–Kier alpha value is -3.99. The maximum Gasteiger partial charge on any atom is 0.225 e. The SMILES string of the molecule is CNc1ncnc2c1ccn2[C@@H]1C[C@H](C(=O)NCCNCCc2cccc(Oc3ccccc3)c2)[C@@H](O)[C@H]1O. The molecule has 10 nitrogen and oxygen atoms in total. The number of hydrogen-bond donors (Lipinski definition) is 5. The number of anilines is 1. The average molecular weight is 531 g/mol. The number of fused-ring (bicyclic) bond motifs is 1. The van der Waals surface area contributed by atoms with Gasteiger partial charge in [-0.1, -0.05) is 30.3 Å². The summed E-state index contributed by atoms with van der Waals surface area (Å²) < 4.78 is 7.72. The summed E-state index contributed by atoms with van der Waals surface area (Å²) in [6.07, 6.45) is 2.16. The molecule has 0 unspecified atom stereocenters. The monoisotopic (exact) mass is 530 g/mol. The molecule has 2 aromatic heterocycles. The summed E-state index contributed by atoms with van der Waals surface area (Å²) >= 11 is 0. The molecule has 0 aliphatic heterocycles. The molecule has 2 aromatic carbocycles. The van der Waals surface area contributed by atoms with E-state index in [4.69, 9.17) is 4.74 Å². The first kappa shape index (κ1) is 26.6. The van der Waals surface area contributed by atoms with Crippen molar-refractivity contribution in [1.82, 2.24) is 25.2 Å². The first-order chi connectivity index (χ1) is 19.0. The molecule has 204 valence electrons. The van der Waals surface area contributed by atoms with E-state index in [-0.39, 0.29) is 5.91 Å². The van der Waals surface area contributed by atoms with Crippen LogP contribution in [0, 0.1) is 5.92 Å². The van der Waals surface area contributed by atoms with Crippen molar-refractivity contribution in [2.45, 2.75) is 31.1 Å². The lowest BCUT2D eigenvalue weighted by atomic mass is 10.0. The number of hydrogen-bond acceptors (Lipinski definition) is 8. The largest absolute Gasteiger partial charge is 0.457 e. The maximum absolute atomic E-state index is 12.9. The van der Waals surface area contributed by atoms with Crippen molar-refractivity contribution >= 4 is 22.8 Å². The molecular formula is C29H34N6O4. The van der Waals surface area contributed by atoms with Crippen LogP contribution in [0.25, 0.3) is 11.0 Å². The van der Waals surface area contributed by atoms with Crippen molar-refractivity contribution < 1.29 is 19.7 Å². The predicted molar refractivity (Wildman–Crippen MR) is 149 cm³/mol. The van der Waals surface area contributed by atoms with E-state index in [1.165, 1.54) is 6.33 Å². The highest BCUT2D eigenvalue weighted by molar-refractivity contribution is 5.87. The van der Waals surface area contributed by atoms with Crippen LogP contribution >= 0.6 is 0 Å². The molecule has 10 heteroatoms. The second-order valence-corrected chi connectivity index (χ2v) is 9.68. The number of nitrogens with one attached hydrogen (secondary N) is 3. The zero-order valence-corrected chi connectivity index (χ0v) is 21.8. The van der Waals surface area contributed by atoms with E-state index < -0.39 is 24.2 Å². The van der Waals surface area contributed by atoms with E-state index >= 15 is 0 Å². The number of amides is 1. The lowest BCUT2D eigenvalue weighted by Gasteiger charge is -2.19. The van der Waals surface area contributed by atoms with Crippen LogP contribution in [0.2, 0.25) is 0 Å². The van der Waals surface area contributed by atoms with Gasteiger partial charge in [0.25, 0.3) is 0 Å². The number of carbonyl (C=O) groups excluding carboxylic acids is 1. The van der Waals surface area contributed by atoms with Gasteiger partial charge in [-0.3, -0.25) is 4.79 Å². The van der Waals surface area contributed by atoms with Crippen LogP contribution in [0.3, 0.4) is 0 Å². The van der Waals surface area contributed by atoms with Gasteiger partial charge < -0.3 is 35.5 Å². The molecule has 1 aliphatic carbocycles. The van der Waals surface area contributed by atoms with Gasteiger partial charge in [-0.25, -0.2) is 9.97 Å². The summed E-state index contributed by atoms with van der Waals surface area (Å²) in [5.41, 5.74) is 1.80. The standard InChI is InChI=1S/C29H34N6O4/c1-30-27-22-11-15-35(28(22)34-18-33-27)24-17-23(25(36)26(24)37)29(38)32-14-13-31-12-10-19-6-5-9-21(16-19)39-20-7-3-2-4-8-20/h2-9,11,15-16,18,23-26,31,36-37H,10,12-14,17H2,1H3,(H,32,38)(H,30,33,34)/t23-,24+,25+,26-/m0/s1. The summed E-state index contributed by atoms with van der Waals surface area (Å²) in [6.45, 7) is 1.76. The number of rotatable bonds is 11. The number of benzene rings is 2. The molecule has 39 heavy (non-hydrogen) atoms. The fraction of sp³-hybridized carbons (Fsp3) is 0.345. The molecule has 5 N–H and O–H groups in total. The highest BCUT2D eigenvalue weighted by Crippen LogP contribution is 2.38. The molecular weight excluding hydrogens is 496 g/mol. The fourth-order valence-electron chi connectivity index (χ4n) is 5.13. The minimum Gasteiger partial charge on any atom is -0.457 e. The summed E-state index contributed by atoms with van der Waals surface area (Å²) in [7, 11) is 1.78. The number of aliphatic hydroxyl groups is 2. The summed E-state index contributed by atoms with van der Waals surface area (Å²) in [6, 6.07) is 19.1. The van der Waals surface area contributed by atoms with E-state index in [1.807, 2.05) is 65.4 Å². The summed E-state index contributed by atoms with van der Waals surface area (Å²) in [5.74, 6) is 1.30. The third-order valence-electron chi connectivity index (χ3n) is 7.16. The van der Waals surface area contributed by atoms with Gasteiger partial charge in [0.2, 0.25) is 5.91 Å². The molecule has 0 saturated heterocycles. The highest BCUT2D eigenvalue weighted by Gasteiger charge is 2.46. The van der Waals surface area contributed by atoms with E-state index in [1.54, 1.807) is 7.05 Å². The molecule has 0 spiro atoms. The second-order valence-electron chi connectivity index (χ2n) is 9.68. The number of para-hydroxylation sites is 1. The van der Waals surface area contributed by atoms with Crippen LogP contribution in [0.4, 0.5) is 5.82 Å². The molecule has 5 rings (SSSR count). The van der Waals surface area contributed by atoms with E-state index in [0.717, 1.165) is 35.4 Å².